The first-order valence-corrected chi connectivity index (χ1v) is 13.8. The predicted octanol–water partition coefficient (Wildman–Crippen LogP) is 4.22. The highest BCUT2D eigenvalue weighted by Gasteiger charge is 2.30. The molecule has 218 valence electrons. The Labute approximate surface area is 242 Å². The van der Waals surface area contributed by atoms with Gasteiger partial charge in [-0.3, -0.25) is 9.69 Å². The first-order valence-electron chi connectivity index (χ1n) is 13.8. The standard InChI is InChI=1S/C30H32FN7O4/c1-19-24(17-38-23-7-5-6-22(31)27(23)41-18-26(38)39)37-16-20(8-9-25(37)34-19)21-14-32-28(33-15-21)35-10-12-36(13-11-35)29(40)42-30(2,3)4/h5-9,14-16H,10-13,17-18H2,1-4H3. The third kappa shape index (κ3) is 5.31. The minimum Gasteiger partial charge on any atom is -0.478 e. The second kappa shape index (κ2) is 10.6. The SMILES string of the molecule is Cc1nc2ccc(-c3cnc(N4CCN(C(=O)OC(C)(C)C)CC4)nc3)cn2c1CN1C(=O)COc2c(F)cccc21. The van der Waals surface area contributed by atoms with E-state index in [1.54, 1.807) is 29.4 Å². The van der Waals surface area contributed by atoms with Gasteiger partial charge in [0.25, 0.3) is 5.91 Å². The Kier molecular flexibility index (Phi) is 6.91. The van der Waals surface area contributed by atoms with E-state index in [0.29, 0.717) is 37.8 Å². The fourth-order valence-corrected chi connectivity index (χ4v) is 5.14. The van der Waals surface area contributed by atoms with Crippen LogP contribution in [0.4, 0.5) is 20.8 Å². The topological polar surface area (TPSA) is 105 Å². The van der Waals surface area contributed by atoms with Gasteiger partial charge in [0.1, 0.15) is 11.2 Å². The molecule has 2 aliphatic heterocycles. The maximum absolute atomic E-state index is 14.4. The van der Waals surface area contributed by atoms with Gasteiger partial charge in [0.15, 0.2) is 18.2 Å². The van der Waals surface area contributed by atoms with Gasteiger partial charge in [0.05, 0.1) is 23.6 Å². The van der Waals surface area contributed by atoms with Gasteiger partial charge in [0, 0.05) is 55.9 Å². The third-order valence-corrected chi connectivity index (χ3v) is 7.29. The van der Waals surface area contributed by atoms with Gasteiger partial charge in [-0.05, 0) is 52.0 Å². The first kappa shape index (κ1) is 27.4. The number of hydrogen-bond acceptors (Lipinski definition) is 8. The van der Waals surface area contributed by atoms with E-state index >= 15 is 0 Å². The number of para-hydroxylation sites is 1. The van der Waals surface area contributed by atoms with E-state index in [0.717, 1.165) is 28.2 Å². The minimum atomic E-state index is -0.531. The zero-order chi connectivity index (χ0) is 29.6. The molecular formula is C30H32FN7O4. The summed E-state index contributed by atoms with van der Waals surface area (Å²) in [5.41, 5.74) is 3.86. The molecule has 0 saturated carbocycles. The second-order valence-corrected chi connectivity index (χ2v) is 11.4. The summed E-state index contributed by atoms with van der Waals surface area (Å²) in [4.78, 5) is 44.3. The molecule has 0 atom stereocenters. The van der Waals surface area contributed by atoms with Gasteiger partial charge in [-0.1, -0.05) is 6.07 Å². The van der Waals surface area contributed by atoms with Crippen molar-refractivity contribution in [3.8, 4) is 16.9 Å². The van der Waals surface area contributed by atoms with Crippen molar-refractivity contribution in [2.75, 3.05) is 42.6 Å². The Morgan fingerprint density at radius 1 is 1.05 bits per heavy atom. The summed E-state index contributed by atoms with van der Waals surface area (Å²) in [5, 5.41) is 0. The van der Waals surface area contributed by atoms with Gasteiger partial charge in [-0.2, -0.15) is 0 Å². The zero-order valence-corrected chi connectivity index (χ0v) is 24.0. The van der Waals surface area contributed by atoms with Crippen LogP contribution < -0.4 is 14.5 Å². The number of ether oxygens (including phenoxy) is 2. The van der Waals surface area contributed by atoms with Crippen LogP contribution in [0.5, 0.6) is 5.75 Å². The second-order valence-electron chi connectivity index (χ2n) is 11.4. The molecule has 0 radical (unpaired) electrons. The molecule has 2 amide bonds. The predicted molar refractivity (Wildman–Crippen MR) is 154 cm³/mol. The number of pyridine rings is 1. The summed E-state index contributed by atoms with van der Waals surface area (Å²) in [6, 6.07) is 8.41. The van der Waals surface area contributed by atoms with Crippen LogP contribution in [0.3, 0.4) is 0 Å². The Morgan fingerprint density at radius 3 is 2.50 bits per heavy atom. The van der Waals surface area contributed by atoms with Crippen LogP contribution in [0.1, 0.15) is 32.2 Å². The van der Waals surface area contributed by atoms with Gasteiger partial charge in [-0.25, -0.2) is 24.1 Å². The van der Waals surface area contributed by atoms with Crippen molar-refractivity contribution in [2.24, 2.45) is 0 Å². The van der Waals surface area contributed by atoms with Crippen LogP contribution in [-0.2, 0) is 16.1 Å². The molecule has 42 heavy (non-hydrogen) atoms. The van der Waals surface area contributed by atoms with E-state index in [-0.39, 0.29) is 30.9 Å². The van der Waals surface area contributed by atoms with E-state index in [2.05, 4.69) is 15.0 Å². The van der Waals surface area contributed by atoms with Crippen LogP contribution in [0.15, 0.2) is 48.9 Å². The molecule has 3 aromatic heterocycles. The molecule has 1 fully saturated rings. The molecule has 12 heteroatoms. The smallest absolute Gasteiger partial charge is 0.410 e. The monoisotopic (exact) mass is 573 g/mol. The number of amides is 2. The summed E-state index contributed by atoms with van der Waals surface area (Å²) in [5.74, 6) is -0.0858. The summed E-state index contributed by atoms with van der Waals surface area (Å²) in [7, 11) is 0. The zero-order valence-electron chi connectivity index (χ0n) is 24.0. The number of aryl methyl sites for hydroxylation is 1. The number of imidazole rings is 1. The van der Waals surface area contributed by atoms with Crippen molar-refractivity contribution in [1.82, 2.24) is 24.3 Å². The molecule has 11 nitrogen and oxygen atoms in total. The van der Waals surface area contributed by atoms with Gasteiger partial charge in [0.2, 0.25) is 5.95 Å². The summed E-state index contributed by atoms with van der Waals surface area (Å²) < 4.78 is 27.1. The number of rotatable bonds is 4. The minimum absolute atomic E-state index is 0.0766. The van der Waals surface area contributed by atoms with Crippen molar-refractivity contribution in [3.63, 3.8) is 0 Å². The van der Waals surface area contributed by atoms with Crippen LogP contribution in [0.2, 0.25) is 0 Å². The van der Waals surface area contributed by atoms with Crippen molar-refractivity contribution >= 4 is 29.3 Å². The van der Waals surface area contributed by atoms with Gasteiger partial charge >= 0.3 is 6.09 Å². The Balaban J connectivity index is 1.20. The Morgan fingerprint density at radius 2 is 1.79 bits per heavy atom. The molecule has 2 aliphatic rings. The normalized spacial score (nSPS) is 15.5. The molecule has 1 aromatic carbocycles. The first-order chi connectivity index (χ1) is 20.1. The molecule has 0 bridgehead atoms. The van der Waals surface area contributed by atoms with Crippen molar-refractivity contribution in [3.05, 3.63) is 66.1 Å². The molecule has 1 saturated heterocycles. The lowest BCUT2D eigenvalue weighted by Crippen LogP contribution is -2.50. The summed E-state index contributed by atoms with van der Waals surface area (Å²) in [6.45, 7) is 9.71. The van der Waals surface area contributed by atoms with E-state index in [1.165, 1.54) is 11.0 Å². The quantitative estimate of drug-likeness (QED) is 0.357. The summed E-state index contributed by atoms with van der Waals surface area (Å²) >= 11 is 0. The number of nitrogens with zero attached hydrogens (tertiary/aromatic N) is 7. The number of carbonyl (C=O) groups excluding carboxylic acids is 2. The Bertz CT molecular complexity index is 1660. The van der Waals surface area contributed by atoms with Crippen molar-refractivity contribution < 1.29 is 23.5 Å². The lowest BCUT2D eigenvalue weighted by molar-refractivity contribution is -0.121. The van der Waals surface area contributed by atoms with Crippen LogP contribution in [-0.4, -0.2) is 74.6 Å². The summed E-state index contributed by atoms with van der Waals surface area (Å²) in [6.07, 6.45) is 5.19. The number of benzene rings is 1. The third-order valence-electron chi connectivity index (χ3n) is 7.29. The van der Waals surface area contributed by atoms with Crippen molar-refractivity contribution in [1.29, 1.82) is 0 Å². The van der Waals surface area contributed by atoms with E-state index in [4.69, 9.17) is 9.47 Å². The molecule has 0 N–H and O–H groups in total. The molecule has 0 aliphatic carbocycles. The molecule has 0 spiro atoms. The lowest BCUT2D eigenvalue weighted by Gasteiger charge is -2.35. The number of piperazine rings is 1. The number of aromatic nitrogens is 4. The van der Waals surface area contributed by atoms with Crippen molar-refractivity contribution in [2.45, 2.75) is 39.8 Å². The molecule has 6 rings (SSSR count). The van der Waals surface area contributed by atoms with Crippen LogP contribution >= 0.6 is 0 Å². The van der Waals surface area contributed by atoms with Gasteiger partial charge < -0.3 is 23.7 Å². The molecular weight excluding hydrogens is 541 g/mol. The molecule has 4 aromatic rings. The van der Waals surface area contributed by atoms with E-state index in [9.17, 15) is 14.0 Å². The number of anilines is 2. The largest absolute Gasteiger partial charge is 0.478 e. The average molecular weight is 574 g/mol. The Hall–Kier alpha value is -4.74. The van der Waals surface area contributed by atoms with Crippen LogP contribution in [0.25, 0.3) is 16.8 Å². The maximum atomic E-state index is 14.4. The number of halogens is 1. The highest BCUT2D eigenvalue weighted by Crippen LogP contribution is 2.35. The number of carbonyl (C=O) groups is 2. The maximum Gasteiger partial charge on any atom is 0.410 e. The van der Waals surface area contributed by atoms with Gasteiger partial charge in [-0.15, -0.1) is 0 Å². The molecule has 0 unspecified atom stereocenters. The highest BCUT2D eigenvalue weighted by molar-refractivity contribution is 5.97. The fourth-order valence-electron chi connectivity index (χ4n) is 5.14. The average Bonchev–Trinajstić information content (AvgIpc) is 3.28. The number of fused-ring (bicyclic) bond motifs is 2. The number of hydrogen-bond donors (Lipinski definition) is 0. The lowest BCUT2D eigenvalue weighted by atomic mass is 10.1. The fraction of sp³-hybridized carbons (Fsp3) is 0.367. The molecule has 5 heterocycles. The highest BCUT2D eigenvalue weighted by atomic mass is 19.1. The van der Waals surface area contributed by atoms with E-state index < -0.39 is 11.4 Å². The van der Waals surface area contributed by atoms with E-state index in [1.807, 2.05) is 55.3 Å². The van der Waals surface area contributed by atoms with Crippen LogP contribution in [0, 0.1) is 12.7 Å².